The number of aromatic nitrogens is 5. The molecule has 0 saturated carbocycles. The maximum absolute atomic E-state index is 14.8. The second-order valence-corrected chi connectivity index (χ2v) is 7.48. The van der Waals surface area contributed by atoms with Crippen LogP contribution in [0.4, 0.5) is 14.5 Å². The number of aryl methyl sites for hydroxylation is 1. The van der Waals surface area contributed by atoms with Gasteiger partial charge in [-0.1, -0.05) is 0 Å². The fourth-order valence-corrected chi connectivity index (χ4v) is 3.49. The van der Waals surface area contributed by atoms with Crippen molar-refractivity contribution < 1.29 is 18.3 Å². The predicted molar refractivity (Wildman–Crippen MR) is 123 cm³/mol. The summed E-state index contributed by atoms with van der Waals surface area (Å²) >= 11 is 0. The lowest BCUT2D eigenvalue weighted by Crippen LogP contribution is -2.29. The van der Waals surface area contributed by atoms with E-state index in [4.69, 9.17) is 4.74 Å². The first kappa shape index (κ1) is 21.9. The minimum Gasteiger partial charge on any atom is -0.453 e. The number of ether oxygens (including phenoxy) is 1. The van der Waals surface area contributed by atoms with Crippen LogP contribution >= 0.6 is 0 Å². The monoisotopic (exact) mass is 474 g/mol. The van der Waals surface area contributed by atoms with E-state index in [1.807, 2.05) is 0 Å². The lowest BCUT2D eigenvalue weighted by Gasteiger charge is -2.11. The smallest absolute Gasteiger partial charge is 0.284 e. The van der Waals surface area contributed by atoms with Crippen molar-refractivity contribution in [2.45, 2.75) is 6.92 Å². The average Bonchev–Trinajstić information content (AvgIpc) is 3.23. The molecule has 3 heterocycles. The molecule has 174 valence electrons. The summed E-state index contributed by atoms with van der Waals surface area (Å²) in [6.07, 6.45) is 2.78. The number of aromatic amines is 1. The second-order valence-electron chi connectivity index (χ2n) is 7.48. The molecule has 1 amide bonds. The van der Waals surface area contributed by atoms with Gasteiger partial charge in [0.25, 0.3) is 11.5 Å². The number of carbonyl (C=O) groups excluding carboxylic acids is 1. The van der Waals surface area contributed by atoms with E-state index in [0.29, 0.717) is 22.5 Å². The molecule has 0 saturated heterocycles. The van der Waals surface area contributed by atoms with Gasteiger partial charge in [-0.05, 0) is 55.5 Å². The summed E-state index contributed by atoms with van der Waals surface area (Å²) in [6.45, 7) is 1.77. The molecular formula is C24H16F2N6O3. The van der Waals surface area contributed by atoms with Gasteiger partial charge in [0, 0.05) is 24.1 Å². The fraction of sp³-hybridized carbons (Fsp3) is 0.0417. The fourth-order valence-electron chi connectivity index (χ4n) is 3.49. The van der Waals surface area contributed by atoms with Crippen molar-refractivity contribution >= 4 is 22.6 Å². The lowest BCUT2D eigenvalue weighted by molar-refractivity contribution is 0.102. The average molecular weight is 474 g/mol. The van der Waals surface area contributed by atoms with E-state index >= 15 is 0 Å². The molecule has 5 aromatic rings. The third kappa shape index (κ3) is 4.22. The Morgan fingerprint density at radius 1 is 1.03 bits per heavy atom. The summed E-state index contributed by atoms with van der Waals surface area (Å²) in [5.74, 6) is -1.66. The maximum atomic E-state index is 14.8. The van der Waals surface area contributed by atoms with Crippen molar-refractivity contribution in [3.63, 3.8) is 0 Å². The molecule has 35 heavy (non-hydrogen) atoms. The van der Waals surface area contributed by atoms with Crippen LogP contribution in [0.3, 0.4) is 0 Å². The van der Waals surface area contributed by atoms with Crippen molar-refractivity contribution in [3.8, 4) is 17.2 Å². The number of anilines is 1. The summed E-state index contributed by atoms with van der Waals surface area (Å²) in [5, 5.41) is 13.9. The van der Waals surface area contributed by atoms with Gasteiger partial charge in [0.05, 0.1) is 16.8 Å². The molecule has 0 spiro atoms. The molecule has 11 heteroatoms. The number of halogens is 2. The largest absolute Gasteiger partial charge is 0.453 e. The highest BCUT2D eigenvalue weighted by molar-refractivity contribution is 6.04. The van der Waals surface area contributed by atoms with Crippen LogP contribution in [0.2, 0.25) is 0 Å². The third-order valence-corrected chi connectivity index (χ3v) is 5.18. The van der Waals surface area contributed by atoms with Crippen LogP contribution in [0.15, 0.2) is 71.8 Å². The summed E-state index contributed by atoms with van der Waals surface area (Å²) in [7, 11) is 0. The van der Waals surface area contributed by atoms with Crippen molar-refractivity contribution in [1.82, 2.24) is 25.0 Å². The molecule has 0 bridgehead atoms. The van der Waals surface area contributed by atoms with Gasteiger partial charge in [-0.25, -0.2) is 13.8 Å². The van der Waals surface area contributed by atoms with E-state index in [0.717, 1.165) is 10.7 Å². The van der Waals surface area contributed by atoms with Crippen molar-refractivity contribution in [2.75, 3.05) is 5.32 Å². The molecule has 0 aliphatic carbocycles. The second kappa shape index (κ2) is 8.78. The first-order chi connectivity index (χ1) is 16.9. The van der Waals surface area contributed by atoms with Crippen LogP contribution in [-0.2, 0) is 0 Å². The first-order valence-electron chi connectivity index (χ1n) is 10.3. The Kier molecular flexibility index (Phi) is 5.49. The van der Waals surface area contributed by atoms with Crippen LogP contribution in [0, 0.1) is 18.6 Å². The number of H-pyrrole nitrogens is 1. The van der Waals surface area contributed by atoms with E-state index in [2.05, 4.69) is 25.6 Å². The Morgan fingerprint density at radius 2 is 1.83 bits per heavy atom. The quantitative estimate of drug-likeness (QED) is 0.396. The van der Waals surface area contributed by atoms with Crippen molar-refractivity contribution in [3.05, 3.63) is 100 Å². The number of amides is 1. The predicted octanol–water partition coefficient (Wildman–Crippen LogP) is 4.14. The molecule has 0 radical (unpaired) electrons. The van der Waals surface area contributed by atoms with Gasteiger partial charge in [0.2, 0.25) is 0 Å². The van der Waals surface area contributed by atoms with E-state index < -0.39 is 23.1 Å². The highest BCUT2D eigenvalue weighted by atomic mass is 19.1. The molecule has 9 nitrogen and oxygen atoms in total. The number of nitrogens with zero attached hydrogens (tertiary/aromatic N) is 4. The molecule has 0 atom stereocenters. The molecule has 0 aliphatic heterocycles. The van der Waals surface area contributed by atoms with Gasteiger partial charge in [-0.3, -0.25) is 14.7 Å². The number of nitrogens with one attached hydrogen (secondary N) is 2. The topological polar surface area (TPSA) is 115 Å². The minimum absolute atomic E-state index is 0.0707. The summed E-state index contributed by atoms with van der Waals surface area (Å²) in [6, 6.07) is 11.8. The zero-order valence-electron chi connectivity index (χ0n) is 18.1. The van der Waals surface area contributed by atoms with Crippen molar-refractivity contribution in [1.29, 1.82) is 0 Å². The maximum Gasteiger partial charge on any atom is 0.284 e. The first-order valence-corrected chi connectivity index (χ1v) is 10.3. The highest BCUT2D eigenvalue weighted by Gasteiger charge is 2.16. The zero-order chi connectivity index (χ0) is 24.5. The molecule has 2 N–H and O–H groups in total. The van der Waals surface area contributed by atoms with Crippen LogP contribution in [0.1, 0.15) is 16.1 Å². The Morgan fingerprint density at radius 3 is 2.60 bits per heavy atom. The number of hydrogen-bond donors (Lipinski definition) is 2. The molecule has 0 unspecified atom stereocenters. The summed E-state index contributed by atoms with van der Waals surface area (Å²) in [4.78, 5) is 29.6. The van der Waals surface area contributed by atoms with Gasteiger partial charge in [0.1, 0.15) is 17.1 Å². The van der Waals surface area contributed by atoms with Gasteiger partial charge < -0.3 is 10.1 Å². The number of pyridine rings is 1. The Bertz CT molecular complexity index is 1630. The normalized spacial score (nSPS) is 10.9. The molecular weight excluding hydrogens is 458 g/mol. The number of hydrogen-bond acceptors (Lipinski definition) is 6. The third-order valence-electron chi connectivity index (χ3n) is 5.18. The highest BCUT2D eigenvalue weighted by Crippen LogP contribution is 2.32. The number of rotatable bonds is 5. The number of carbonyl (C=O) groups is 1. The zero-order valence-corrected chi connectivity index (χ0v) is 18.1. The van der Waals surface area contributed by atoms with Gasteiger partial charge in [0.15, 0.2) is 17.2 Å². The van der Waals surface area contributed by atoms with E-state index in [1.54, 1.807) is 13.0 Å². The minimum atomic E-state index is -0.758. The Balaban J connectivity index is 1.38. The SMILES string of the molecule is Cc1n[nH]c2nccc(Oc3ccc(NC(=O)c4ccnn(-c5ccc(F)cc5)c4=O)cc3F)c12. The Hall–Kier alpha value is -4.93. The van der Waals surface area contributed by atoms with Gasteiger partial charge in [-0.15, -0.1) is 0 Å². The lowest BCUT2D eigenvalue weighted by atomic mass is 10.2. The molecule has 2 aromatic carbocycles. The van der Waals surface area contributed by atoms with E-state index in [-0.39, 0.29) is 22.7 Å². The molecule has 5 rings (SSSR count). The number of fused-ring (bicyclic) bond motifs is 1. The standard InChI is InChI=1S/C24H16F2N6O3/c1-13-21-20(9-10-27-22(21)31-30-13)35-19-7-4-15(12-18(19)26)29-23(33)17-8-11-28-32(24(17)34)16-5-2-14(25)3-6-16/h2-12H,1H3,(H,29,33)(H,27,30,31). The van der Waals surface area contributed by atoms with Crippen LogP contribution in [0.25, 0.3) is 16.7 Å². The van der Waals surface area contributed by atoms with Crippen LogP contribution in [-0.4, -0.2) is 30.9 Å². The summed E-state index contributed by atoms with van der Waals surface area (Å²) < 4.78 is 34.7. The van der Waals surface area contributed by atoms with E-state index in [9.17, 15) is 18.4 Å². The van der Waals surface area contributed by atoms with Crippen LogP contribution < -0.4 is 15.6 Å². The van der Waals surface area contributed by atoms with Crippen molar-refractivity contribution in [2.24, 2.45) is 0 Å². The van der Waals surface area contributed by atoms with Gasteiger partial charge >= 0.3 is 0 Å². The Labute approximate surface area is 196 Å². The molecule has 0 fully saturated rings. The van der Waals surface area contributed by atoms with Crippen LogP contribution in [0.5, 0.6) is 11.5 Å². The summed E-state index contributed by atoms with van der Waals surface area (Å²) in [5.41, 5.74) is 0.623. The molecule has 0 aliphatic rings. The molecule has 3 aromatic heterocycles. The van der Waals surface area contributed by atoms with E-state index in [1.165, 1.54) is 54.9 Å². The number of benzene rings is 2. The van der Waals surface area contributed by atoms with Gasteiger partial charge in [-0.2, -0.15) is 14.9 Å².